The highest BCUT2D eigenvalue weighted by molar-refractivity contribution is 14.0. The van der Waals surface area contributed by atoms with Gasteiger partial charge in [0.1, 0.15) is 0 Å². The monoisotopic (exact) mass is 574 g/mol. The summed E-state index contributed by atoms with van der Waals surface area (Å²) in [5, 5.41) is 11.3. The summed E-state index contributed by atoms with van der Waals surface area (Å²) >= 11 is 0. The van der Waals surface area contributed by atoms with Gasteiger partial charge in [-0.05, 0) is 44.2 Å². The average Bonchev–Trinajstić information content (AvgIpc) is 3.57. The van der Waals surface area contributed by atoms with E-state index in [2.05, 4.69) is 39.8 Å². The number of amides is 2. The molecule has 1 saturated heterocycles. The van der Waals surface area contributed by atoms with Crippen LogP contribution in [0.2, 0.25) is 0 Å². The number of nitrogens with zero attached hydrogens (tertiary/aromatic N) is 4. The van der Waals surface area contributed by atoms with Gasteiger partial charge < -0.3 is 10.6 Å². The highest BCUT2D eigenvalue weighted by atomic mass is 127. The third kappa shape index (κ3) is 4.14. The second-order valence-electron chi connectivity index (χ2n) is 9.08. The summed E-state index contributed by atoms with van der Waals surface area (Å²) in [6.07, 6.45) is 5.19. The molecule has 1 aromatic carbocycles. The van der Waals surface area contributed by atoms with Crippen molar-refractivity contribution in [2.45, 2.75) is 26.8 Å². The molecule has 180 valence electrons. The van der Waals surface area contributed by atoms with Crippen LogP contribution in [-0.2, 0) is 16.1 Å². The molecule has 2 aromatic rings. The first-order valence-electron chi connectivity index (χ1n) is 11.6. The zero-order valence-corrected chi connectivity index (χ0v) is 22.0. The number of aryl methyl sites for hydroxylation is 1. The van der Waals surface area contributed by atoms with Gasteiger partial charge in [0, 0.05) is 37.9 Å². The van der Waals surface area contributed by atoms with Gasteiger partial charge in [-0.1, -0.05) is 30.4 Å². The number of aromatic nitrogens is 2. The van der Waals surface area contributed by atoms with Gasteiger partial charge in [0.05, 0.1) is 23.2 Å². The van der Waals surface area contributed by atoms with Crippen LogP contribution in [0.5, 0.6) is 0 Å². The number of hydrogen-bond acceptors (Lipinski definition) is 4. The number of rotatable bonds is 6. The first-order valence-corrected chi connectivity index (χ1v) is 11.6. The van der Waals surface area contributed by atoms with Crippen molar-refractivity contribution in [3.05, 3.63) is 59.4 Å². The molecular weight excluding hydrogens is 543 g/mol. The van der Waals surface area contributed by atoms with Gasteiger partial charge >= 0.3 is 0 Å². The number of carbonyl (C=O) groups is 2. The van der Waals surface area contributed by atoms with Crippen LogP contribution < -0.4 is 10.6 Å². The van der Waals surface area contributed by atoms with Crippen LogP contribution in [-0.4, -0.2) is 52.6 Å². The number of carbonyl (C=O) groups excluding carboxylic acids is 2. The van der Waals surface area contributed by atoms with E-state index in [1.54, 1.807) is 7.05 Å². The van der Waals surface area contributed by atoms with E-state index in [0.29, 0.717) is 25.6 Å². The first kappa shape index (κ1) is 24.4. The van der Waals surface area contributed by atoms with Crippen LogP contribution in [0.4, 0.5) is 0 Å². The lowest BCUT2D eigenvalue weighted by Gasteiger charge is -2.18. The van der Waals surface area contributed by atoms with Gasteiger partial charge in [0.2, 0.25) is 11.8 Å². The van der Waals surface area contributed by atoms with Gasteiger partial charge in [-0.25, -0.2) is 4.68 Å². The molecule has 5 rings (SSSR count). The van der Waals surface area contributed by atoms with Crippen molar-refractivity contribution in [1.29, 1.82) is 0 Å². The lowest BCUT2D eigenvalue weighted by Crippen LogP contribution is -2.43. The zero-order valence-electron chi connectivity index (χ0n) is 19.7. The molecule has 2 N–H and O–H groups in total. The second-order valence-corrected chi connectivity index (χ2v) is 9.08. The summed E-state index contributed by atoms with van der Waals surface area (Å²) in [5.74, 6) is 0.813. The number of nitrogens with one attached hydrogen (secondary N) is 2. The second kappa shape index (κ2) is 9.89. The molecule has 2 heterocycles. The van der Waals surface area contributed by atoms with Crippen LogP contribution in [0, 0.1) is 37.5 Å². The fourth-order valence-electron chi connectivity index (χ4n) is 5.61. The Morgan fingerprint density at radius 2 is 1.71 bits per heavy atom. The lowest BCUT2D eigenvalue weighted by molar-refractivity contribution is -0.140. The standard InChI is InChI=1S/C25H30N6O2.HI/c1-15-20(16(2)31(29-15)19-7-5-4-6-8-19)14-28-25(26-3)27-11-12-30-23(32)21-17-9-10-18(13-17)22(21)24(30)33;/h4-10,17-18,21-22H,11-14H2,1-3H3,(H2,26,27,28);1H. The summed E-state index contributed by atoms with van der Waals surface area (Å²) in [7, 11) is 1.71. The minimum atomic E-state index is -0.142. The van der Waals surface area contributed by atoms with Crippen LogP contribution >= 0.6 is 24.0 Å². The van der Waals surface area contributed by atoms with E-state index in [0.717, 1.165) is 29.1 Å². The summed E-state index contributed by atoms with van der Waals surface area (Å²) in [6, 6.07) is 10.1. The van der Waals surface area contributed by atoms with Crippen LogP contribution in [0.1, 0.15) is 23.4 Å². The van der Waals surface area contributed by atoms with E-state index < -0.39 is 0 Å². The van der Waals surface area contributed by atoms with Gasteiger partial charge in [0.15, 0.2) is 5.96 Å². The predicted molar refractivity (Wildman–Crippen MR) is 141 cm³/mol. The molecule has 2 fully saturated rings. The molecule has 1 saturated carbocycles. The predicted octanol–water partition coefficient (Wildman–Crippen LogP) is 2.58. The number of imide groups is 1. The van der Waals surface area contributed by atoms with E-state index in [-0.39, 0.29) is 59.5 Å². The number of likely N-dealkylation sites (tertiary alicyclic amines) is 1. The Labute approximate surface area is 216 Å². The van der Waals surface area contributed by atoms with Crippen LogP contribution in [0.15, 0.2) is 47.5 Å². The van der Waals surface area contributed by atoms with E-state index in [1.165, 1.54) is 4.90 Å². The van der Waals surface area contributed by atoms with Crippen molar-refractivity contribution < 1.29 is 9.59 Å². The lowest BCUT2D eigenvalue weighted by atomic mass is 9.85. The molecule has 34 heavy (non-hydrogen) atoms. The third-order valence-electron chi connectivity index (χ3n) is 7.29. The highest BCUT2D eigenvalue weighted by Crippen LogP contribution is 2.52. The van der Waals surface area contributed by atoms with Gasteiger partial charge in [-0.15, -0.1) is 24.0 Å². The average molecular weight is 574 g/mol. The molecule has 0 spiro atoms. The van der Waals surface area contributed by atoms with Gasteiger partial charge in [-0.2, -0.15) is 5.10 Å². The van der Waals surface area contributed by atoms with E-state index in [9.17, 15) is 9.59 Å². The number of benzene rings is 1. The minimum Gasteiger partial charge on any atom is -0.355 e. The number of guanidine groups is 1. The Morgan fingerprint density at radius 1 is 1.06 bits per heavy atom. The van der Waals surface area contributed by atoms with Gasteiger partial charge in [0.25, 0.3) is 0 Å². The number of fused-ring (bicyclic) bond motifs is 5. The van der Waals surface area contributed by atoms with Crippen molar-refractivity contribution in [1.82, 2.24) is 25.3 Å². The highest BCUT2D eigenvalue weighted by Gasteiger charge is 2.58. The molecule has 4 atom stereocenters. The van der Waals surface area contributed by atoms with E-state index in [1.807, 2.05) is 41.9 Å². The number of para-hydroxylation sites is 1. The fraction of sp³-hybridized carbons (Fsp3) is 0.440. The number of allylic oxidation sites excluding steroid dienone is 2. The molecule has 2 aliphatic carbocycles. The van der Waals surface area contributed by atoms with Crippen molar-refractivity contribution in [2.24, 2.45) is 28.7 Å². The molecule has 1 aliphatic heterocycles. The van der Waals surface area contributed by atoms with Crippen molar-refractivity contribution >= 4 is 41.8 Å². The Kier molecular flexibility index (Phi) is 7.11. The summed E-state index contributed by atoms with van der Waals surface area (Å²) in [4.78, 5) is 31.4. The SMILES string of the molecule is CN=C(NCCN1C(=O)C2C3C=CC(C3)C2C1=O)NCc1c(C)nn(-c2ccccc2)c1C.I. The molecule has 3 aliphatic rings. The minimum absolute atomic E-state index is 0. The molecule has 9 heteroatoms. The quantitative estimate of drug-likeness (QED) is 0.182. The number of halogens is 1. The maximum Gasteiger partial charge on any atom is 0.233 e. The Hall–Kier alpha value is -2.69. The van der Waals surface area contributed by atoms with E-state index >= 15 is 0 Å². The Bertz CT molecular complexity index is 1110. The summed E-state index contributed by atoms with van der Waals surface area (Å²) in [5.41, 5.74) is 4.18. The first-order chi connectivity index (χ1) is 16.0. The fourth-order valence-corrected chi connectivity index (χ4v) is 5.61. The Balaban J connectivity index is 0.00000274. The molecule has 2 amide bonds. The number of aliphatic imine (C=N–C) groups is 1. The Morgan fingerprint density at radius 3 is 2.32 bits per heavy atom. The molecule has 4 unspecified atom stereocenters. The van der Waals surface area contributed by atoms with Crippen LogP contribution in [0.25, 0.3) is 5.69 Å². The molecular formula is C25H31IN6O2. The van der Waals surface area contributed by atoms with Gasteiger partial charge in [-0.3, -0.25) is 19.5 Å². The van der Waals surface area contributed by atoms with Crippen molar-refractivity contribution in [3.63, 3.8) is 0 Å². The molecule has 0 radical (unpaired) electrons. The van der Waals surface area contributed by atoms with E-state index in [4.69, 9.17) is 0 Å². The van der Waals surface area contributed by atoms with Crippen molar-refractivity contribution in [2.75, 3.05) is 20.1 Å². The smallest absolute Gasteiger partial charge is 0.233 e. The maximum absolute atomic E-state index is 12.8. The number of hydrogen-bond donors (Lipinski definition) is 2. The third-order valence-corrected chi connectivity index (χ3v) is 7.29. The normalized spacial score (nSPS) is 25.0. The summed E-state index contributed by atoms with van der Waals surface area (Å²) in [6.45, 7) is 5.45. The topological polar surface area (TPSA) is 91.6 Å². The molecule has 1 aromatic heterocycles. The molecule has 8 nitrogen and oxygen atoms in total. The van der Waals surface area contributed by atoms with Crippen LogP contribution in [0.3, 0.4) is 0 Å². The maximum atomic E-state index is 12.8. The van der Waals surface area contributed by atoms with Crippen molar-refractivity contribution in [3.8, 4) is 5.69 Å². The molecule has 2 bridgehead atoms. The zero-order chi connectivity index (χ0) is 23.1. The summed E-state index contributed by atoms with van der Waals surface area (Å²) < 4.78 is 1.95. The largest absolute Gasteiger partial charge is 0.355 e.